The summed E-state index contributed by atoms with van der Waals surface area (Å²) in [6, 6.07) is -11.4. The third-order valence-electron chi connectivity index (χ3n) is 22.6. The zero-order valence-electron chi connectivity index (χ0n) is 66.7. The van der Waals surface area contributed by atoms with Crippen molar-refractivity contribution >= 4 is 59.1 Å². The molecule has 29 nitrogen and oxygen atoms in total. The lowest BCUT2D eigenvalue weighted by Crippen LogP contribution is -2.63. The van der Waals surface area contributed by atoms with E-state index in [9.17, 15) is 19.2 Å². The Bertz CT molecular complexity index is 2680. The van der Waals surface area contributed by atoms with Gasteiger partial charge in [-0.2, -0.15) is 0 Å². The molecule has 5 rings (SSSR count). The summed E-state index contributed by atoms with van der Waals surface area (Å²) < 4.78 is 26.1. The van der Waals surface area contributed by atoms with Crippen molar-refractivity contribution in [1.29, 1.82) is 0 Å². The van der Waals surface area contributed by atoms with E-state index in [0.717, 1.165) is 109 Å². The molecule has 5 aliphatic rings. The number of hydrogen-bond donors (Lipinski definition) is 13. The first-order valence-electron chi connectivity index (χ1n) is 41.3. The van der Waals surface area contributed by atoms with Crippen molar-refractivity contribution in [2.45, 2.75) is 313 Å². The van der Waals surface area contributed by atoms with Crippen LogP contribution in [-0.4, -0.2) is 234 Å². The van der Waals surface area contributed by atoms with Crippen LogP contribution in [0.15, 0.2) is 0 Å². The molecule has 16 atom stereocenters. The Morgan fingerprint density at radius 2 is 0.972 bits per heavy atom. The number of nitrogens with two attached hydrogens (primary N) is 4. The van der Waals surface area contributed by atoms with Crippen LogP contribution < -0.4 is 70.8 Å². The van der Waals surface area contributed by atoms with Gasteiger partial charge in [0, 0.05) is 52.5 Å². The zero-order valence-corrected chi connectivity index (χ0v) is 66.7. The minimum atomic E-state index is -1.50. The molecule has 0 aromatic heterocycles. The fourth-order valence-corrected chi connectivity index (χ4v) is 16.0. The SMILES string of the molecule is CCCCCC[C@H]1OC[C@@H](C)NC(=O)[C@H](C(CC(C)C[C@H]2C(=O)N[C@@H](C3CCCCC3)C(=O)N[C@@H](CN)C(=O)N[C@@H](COCCCN)C(=O)N[C@H](C)CO[C@H](CC3CCCCC3)[C@@H](C)C(=O)N2C)OCCCNCCCN)NC(=O)[C@H](CN)NC(=O)[C@H](C2CCCCCC2)NC(=O)[C@H](CCC)N(C)C(=O)[C@@H]1C. The minimum absolute atomic E-state index is 0.0114. The highest BCUT2D eigenvalue weighted by molar-refractivity contribution is 5.98. The van der Waals surface area contributed by atoms with E-state index < -0.39 is 162 Å². The number of nitrogens with zero attached hydrogens (tertiary/aromatic N) is 2. The van der Waals surface area contributed by atoms with Crippen LogP contribution in [-0.2, 0) is 66.9 Å². The van der Waals surface area contributed by atoms with Gasteiger partial charge in [-0.25, -0.2) is 0 Å². The van der Waals surface area contributed by atoms with Gasteiger partial charge in [0.05, 0.1) is 50.0 Å². The van der Waals surface area contributed by atoms with E-state index in [2.05, 4.69) is 54.8 Å². The van der Waals surface area contributed by atoms with E-state index in [1.54, 1.807) is 41.8 Å². The quantitative estimate of drug-likeness (QED) is 0.0350. The molecule has 10 amide bonds. The van der Waals surface area contributed by atoms with Gasteiger partial charge >= 0.3 is 0 Å². The summed E-state index contributed by atoms with van der Waals surface area (Å²) in [6.45, 7) is 14.3. The van der Waals surface area contributed by atoms with Crippen molar-refractivity contribution in [2.24, 2.45) is 58.4 Å². The van der Waals surface area contributed by atoms with Crippen LogP contribution in [0, 0.1) is 35.5 Å². The molecule has 2 unspecified atom stereocenters. The molecule has 614 valence electrons. The topological polar surface area (TPSA) is 426 Å². The maximum Gasteiger partial charge on any atom is 0.245 e. The molecule has 0 radical (unpaired) electrons. The monoisotopic (exact) mass is 1510 g/mol. The van der Waals surface area contributed by atoms with Crippen LogP contribution in [0.3, 0.4) is 0 Å². The van der Waals surface area contributed by atoms with Crippen molar-refractivity contribution in [1.82, 2.24) is 57.7 Å². The van der Waals surface area contributed by atoms with Crippen LogP contribution in [0.5, 0.6) is 0 Å². The Morgan fingerprint density at radius 1 is 0.486 bits per heavy atom. The Labute approximate surface area is 639 Å². The van der Waals surface area contributed by atoms with E-state index in [0.29, 0.717) is 90.4 Å². The Morgan fingerprint density at radius 3 is 1.52 bits per heavy atom. The highest BCUT2D eigenvalue weighted by Crippen LogP contribution is 2.34. The summed E-state index contributed by atoms with van der Waals surface area (Å²) >= 11 is 0. The van der Waals surface area contributed by atoms with Gasteiger partial charge in [0.25, 0.3) is 0 Å². The number of ether oxygens (including phenoxy) is 4. The second-order valence-corrected chi connectivity index (χ2v) is 31.7. The first-order valence-corrected chi connectivity index (χ1v) is 41.3. The lowest BCUT2D eigenvalue weighted by molar-refractivity contribution is -0.148. The number of carbonyl (C=O) groups excluding carboxylic acids is 10. The normalized spacial score (nSPS) is 29.7. The molecule has 3 saturated carbocycles. The van der Waals surface area contributed by atoms with Crippen molar-refractivity contribution in [3.8, 4) is 0 Å². The van der Waals surface area contributed by atoms with Gasteiger partial charge < -0.3 is 99.5 Å². The van der Waals surface area contributed by atoms with Gasteiger partial charge in [-0.3, -0.25) is 47.9 Å². The fraction of sp³-hybridized carbons (Fsp3) is 0.872. The molecule has 17 N–H and O–H groups in total. The summed E-state index contributed by atoms with van der Waals surface area (Å²) in [4.78, 5) is 153. The maximum atomic E-state index is 15.9. The van der Waals surface area contributed by atoms with Gasteiger partial charge in [0.15, 0.2) is 0 Å². The second kappa shape index (κ2) is 50.3. The highest BCUT2D eigenvalue weighted by Gasteiger charge is 2.44. The molecule has 3 aliphatic carbocycles. The first kappa shape index (κ1) is 91.9. The van der Waals surface area contributed by atoms with E-state index in [-0.39, 0.29) is 70.2 Å². The Hall–Kier alpha value is -5.66. The average molecular weight is 1520 g/mol. The Balaban J connectivity index is 1.65. The third kappa shape index (κ3) is 30.9. The molecular formula is C78H143N15O14. The molecule has 2 aliphatic heterocycles. The largest absolute Gasteiger partial charge is 0.379 e. The number of carbonyl (C=O) groups is 10. The fourth-order valence-electron chi connectivity index (χ4n) is 16.0. The number of hydrogen-bond acceptors (Lipinski definition) is 19. The summed E-state index contributed by atoms with van der Waals surface area (Å²) in [6.07, 6.45) is 18.1. The summed E-state index contributed by atoms with van der Waals surface area (Å²) in [5.41, 5.74) is 24.3. The minimum Gasteiger partial charge on any atom is -0.379 e. The lowest BCUT2D eigenvalue weighted by Gasteiger charge is -2.37. The molecule has 5 fully saturated rings. The predicted octanol–water partition coefficient (Wildman–Crippen LogP) is 3.33. The van der Waals surface area contributed by atoms with Gasteiger partial charge in [0.1, 0.15) is 48.3 Å². The molecule has 0 aromatic rings. The number of likely N-dealkylation sites (N-methyl/N-ethyl adjacent to an activating group) is 2. The van der Waals surface area contributed by atoms with Gasteiger partial charge in [0.2, 0.25) is 59.1 Å². The standard InChI is InChI=1S/C78H143N15O14/c1-10-12-13-24-35-63-53(6)77(102)92(8)61(28-11-2)72(97)89-66(56-31-20-14-15-21-32-56)74(99)87-59(46-82)70(95)91-68(76(101)85-52(5)47-106-63)65(105-41-27-39-83-38-25-36-79)43-50(3)42-62-73(98)90-67(57-33-22-17-23-34-57)75(100)86-58(45-81)69(94)88-60(49-104-40-26-37-80)71(96)84-51(4)48-107-64(54(7)78(103)93(62)9)44-55-29-18-16-19-30-55/h50-68,83H,10-49,79-82H2,1-9H3,(H,84,96)(H,85,101)(H,86,100)(H,87,99)(H,88,94)(H,89,97)(H,90,98)(H,91,95)/t50?,51-,52-,53-,54-,58+,59+,60+,61+,62+,63-,64-,65?,66+,67+,68+/m1/s1. The van der Waals surface area contributed by atoms with Crippen molar-refractivity contribution in [3.63, 3.8) is 0 Å². The molecule has 2 saturated heterocycles. The molecule has 2 heterocycles. The van der Waals surface area contributed by atoms with Gasteiger partial charge in [-0.1, -0.05) is 144 Å². The van der Waals surface area contributed by atoms with Crippen LogP contribution in [0.25, 0.3) is 0 Å². The van der Waals surface area contributed by atoms with E-state index >= 15 is 28.8 Å². The van der Waals surface area contributed by atoms with Gasteiger partial charge in [-0.05, 0) is 141 Å². The van der Waals surface area contributed by atoms with Crippen LogP contribution in [0.2, 0.25) is 0 Å². The smallest absolute Gasteiger partial charge is 0.245 e. The summed E-state index contributed by atoms with van der Waals surface area (Å²) in [5.74, 6) is -8.61. The number of nitrogens with one attached hydrogen (secondary N) is 9. The Kier molecular flexibility index (Phi) is 43.2. The van der Waals surface area contributed by atoms with Crippen LogP contribution in [0.4, 0.5) is 0 Å². The van der Waals surface area contributed by atoms with Crippen LogP contribution in [0.1, 0.15) is 235 Å². The number of unbranched alkanes of at least 4 members (excludes halogenated alkanes) is 3. The van der Waals surface area contributed by atoms with E-state index in [1.165, 1.54) is 9.80 Å². The molecule has 0 bridgehead atoms. The van der Waals surface area contributed by atoms with Crippen molar-refractivity contribution < 1.29 is 66.9 Å². The molecule has 107 heavy (non-hydrogen) atoms. The molecular weight excluding hydrogens is 1370 g/mol. The maximum absolute atomic E-state index is 15.9. The zero-order chi connectivity index (χ0) is 78.4. The molecule has 29 heteroatoms. The third-order valence-corrected chi connectivity index (χ3v) is 22.6. The molecule has 0 spiro atoms. The van der Waals surface area contributed by atoms with E-state index in [1.807, 2.05) is 13.8 Å². The summed E-state index contributed by atoms with van der Waals surface area (Å²) in [5, 5.41) is 27.1. The average Bonchev–Trinajstić information content (AvgIpc) is 1.35. The highest BCUT2D eigenvalue weighted by atomic mass is 16.5. The first-order chi connectivity index (χ1) is 51.4. The van der Waals surface area contributed by atoms with Gasteiger partial charge in [-0.15, -0.1) is 0 Å². The second-order valence-electron chi connectivity index (χ2n) is 31.7. The molecule has 0 aromatic carbocycles. The summed E-state index contributed by atoms with van der Waals surface area (Å²) in [7, 11) is 3.18. The number of rotatable bonds is 31. The van der Waals surface area contributed by atoms with Crippen molar-refractivity contribution in [2.75, 3.05) is 86.4 Å². The van der Waals surface area contributed by atoms with E-state index in [4.69, 9.17) is 41.9 Å². The number of amides is 10. The predicted molar refractivity (Wildman–Crippen MR) is 412 cm³/mol. The lowest BCUT2D eigenvalue weighted by atomic mass is 9.82. The van der Waals surface area contributed by atoms with Crippen molar-refractivity contribution in [3.05, 3.63) is 0 Å². The van der Waals surface area contributed by atoms with Crippen LogP contribution >= 0.6 is 0 Å².